The van der Waals surface area contributed by atoms with E-state index in [9.17, 15) is 9.59 Å². The monoisotopic (exact) mass is 370 g/mol. The number of pyridine rings is 1. The maximum absolute atomic E-state index is 13.0. The minimum absolute atomic E-state index is 0.0851. The fourth-order valence-corrected chi connectivity index (χ4v) is 3.30. The van der Waals surface area contributed by atoms with Crippen LogP contribution in [0.1, 0.15) is 40.4 Å². The van der Waals surface area contributed by atoms with E-state index in [4.69, 9.17) is 0 Å². The highest BCUT2D eigenvalue weighted by atomic mass is 16.2. The molecule has 0 radical (unpaired) electrons. The number of nitrogens with one attached hydrogen (secondary N) is 1. The first-order valence-corrected chi connectivity index (χ1v) is 9.61. The van der Waals surface area contributed by atoms with Gasteiger partial charge in [0.25, 0.3) is 0 Å². The number of amides is 1. The molecule has 1 fully saturated rings. The third kappa shape index (κ3) is 4.34. The van der Waals surface area contributed by atoms with E-state index in [1.54, 1.807) is 30.5 Å². The number of ketones is 1. The van der Waals surface area contributed by atoms with Crippen LogP contribution in [0, 0.1) is 5.92 Å². The summed E-state index contributed by atoms with van der Waals surface area (Å²) in [6, 6.07) is 22.7. The number of anilines is 1. The molecule has 1 amide bonds. The largest absolute Gasteiger partial charge is 0.326 e. The normalized spacial score (nSPS) is 14.3. The second-order valence-electron chi connectivity index (χ2n) is 7.19. The van der Waals surface area contributed by atoms with Crippen LogP contribution < -0.4 is 5.32 Å². The first-order chi connectivity index (χ1) is 13.7. The summed E-state index contributed by atoms with van der Waals surface area (Å²) in [6.45, 7) is 0. The topological polar surface area (TPSA) is 59.1 Å². The van der Waals surface area contributed by atoms with Crippen LogP contribution in [-0.2, 0) is 11.2 Å². The minimum atomic E-state index is -0.344. The fourth-order valence-electron chi connectivity index (χ4n) is 3.30. The molecule has 1 N–H and O–H groups in total. The number of aromatic nitrogens is 1. The first-order valence-electron chi connectivity index (χ1n) is 9.61. The maximum atomic E-state index is 13.0. The maximum Gasteiger partial charge on any atom is 0.232 e. The van der Waals surface area contributed by atoms with E-state index < -0.39 is 0 Å². The van der Waals surface area contributed by atoms with Crippen molar-refractivity contribution in [1.29, 1.82) is 0 Å². The Bertz CT molecular complexity index is 949. The van der Waals surface area contributed by atoms with Crippen molar-refractivity contribution in [3.05, 3.63) is 95.8 Å². The van der Waals surface area contributed by atoms with E-state index in [2.05, 4.69) is 10.3 Å². The molecule has 1 saturated carbocycles. The van der Waals surface area contributed by atoms with E-state index >= 15 is 0 Å². The third-order valence-electron chi connectivity index (χ3n) is 5.04. The summed E-state index contributed by atoms with van der Waals surface area (Å²) < 4.78 is 0. The zero-order valence-corrected chi connectivity index (χ0v) is 15.5. The summed E-state index contributed by atoms with van der Waals surface area (Å²) in [6.07, 6.45) is 4.24. The van der Waals surface area contributed by atoms with Crippen LogP contribution in [-0.4, -0.2) is 16.7 Å². The first kappa shape index (κ1) is 18.1. The van der Waals surface area contributed by atoms with Gasteiger partial charge >= 0.3 is 0 Å². The lowest BCUT2D eigenvalue weighted by atomic mass is 9.93. The summed E-state index contributed by atoms with van der Waals surface area (Å²) >= 11 is 0. The Hall–Kier alpha value is -3.27. The lowest BCUT2D eigenvalue weighted by Gasteiger charge is -2.17. The smallest absolute Gasteiger partial charge is 0.232 e. The quantitative estimate of drug-likeness (QED) is 0.617. The predicted molar refractivity (Wildman–Crippen MR) is 109 cm³/mol. The molecule has 140 valence electrons. The summed E-state index contributed by atoms with van der Waals surface area (Å²) in [5, 5.41) is 2.99. The standard InChI is InChI=1S/C24H22N2O2/c27-23(18-9-10-18)19-11-13-20(14-12-19)26-24(28)22(17-6-2-1-3-7-17)16-21-8-4-5-15-25-21/h1-8,11-15,18,22H,9-10,16H2,(H,26,28). The zero-order valence-electron chi connectivity index (χ0n) is 15.5. The summed E-state index contributed by atoms with van der Waals surface area (Å²) in [7, 11) is 0. The second-order valence-corrected chi connectivity index (χ2v) is 7.19. The molecule has 1 heterocycles. The molecular formula is C24H22N2O2. The lowest BCUT2D eigenvalue weighted by molar-refractivity contribution is -0.117. The van der Waals surface area contributed by atoms with Gasteiger partial charge in [0.1, 0.15) is 0 Å². The van der Waals surface area contributed by atoms with Crippen molar-refractivity contribution in [1.82, 2.24) is 4.98 Å². The number of hydrogen-bond donors (Lipinski definition) is 1. The number of nitrogens with zero attached hydrogens (tertiary/aromatic N) is 1. The Kier molecular flexibility index (Phi) is 5.29. The van der Waals surface area contributed by atoms with Crippen molar-refractivity contribution in [2.45, 2.75) is 25.2 Å². The molecule has 2 aromatic carbocycles. The summed E-state index contributed by atoms with van der Waals surface area (Å²) in [5.74, 6) is -0.0292. The highest BCUT2D eigenvalue weighted by molar-refractivity contribution is 6.00. The second kappa shape index (κ2) is 8.17. The van der Waals surface area contributed by atoms with Gasteiger partial charge in [0.2, 0.25) is 5.91 Å². The number of rotatable bonds is 7. The number of carbonyl (C=O) groups excluding carboxylic acids is 2. The molecule has 0 aliphatic heterocycles. The molecule has 1 aliphatic rings. The molecule has 4 heteroatoms. The zero-order chi connectivity index (χ0) is 19.3. The average molecular weight is 370 g/mol. The third-order valence-corrected chi connectivity index (χ3v) is 5.04. The van der Waals surface area contributed by atoms with E-state index in [0.29, 0.717) is 17.7 Å². The van der Waals surface area contributed by atoms with Gasteiger partial charge < -0.3 is 5.32 Å². The van der Waals surface area contributed by atoms with Gasteiger partial charge in [-0.05, 0) is 54.8 Å². The minimum Gasteiger partial charge on any atom is -0.326 e. The van der Waals surface area contributed by atoms with Crippen LogP contribution in [0.4, 0.5) is 5.69 Å². The van der Waals surface area contributed by atoms with E-state index in [1.165, 1.54) is 0 Å². The van der Waals surface area contributed by atoms with Gasteiger partial charge in [-0.1, -0.05) is 36.4 Å². The van der Waals surface area contributed by atoms with Crippen LogP contribution in [0.2, 0.25) is 0 Å². The molecule has 4 rings (SSSR count). The molecule has 0 bridgehead atoms. The van der Waals surface area contributed by atoms with Crippen LogP contribution in [0.25, 0.3) is 0 Å². The molecular weight excluding hydrogens is 348 g/mol. The average Bonchev–Trinajstić information content (AvgIpc) is 3.59. The summed E-state index contributed by atoms with van der Waals surface area (Å²) in [4.78, 5) is 29.6. The van der Waals surface area contributed by atoms with Gasteiger partial charge in [-0.2, -0.15) is 0 Å². The highest BCUT2D eigenvalue weighted by Crippen LogP contribution is 2.32. The van der Waals surface area contributed by atoms with Gasteiger partial charge in [-0.15, -0.1) is 0 Å². The molecule has 28 heavy (non-hydrogen) atoms. The molecule has 3 aromatic rings. The number of carbonyl (C=O) groups is 2. The van der Waals surface area contributed by atoms with E-state index in [0.717, 1.165) is 24.1 Å². The van der Waals surface area contributed by atoms with E-state index in [1.807, 2.05) is 48.5 Å². The fraction of sp³-hybridized carbons (Fsp3) is 0.208. The molecule has 1 aromatic heterocycles. The SMILES string of the molecule is O=C(c1ccc(NC(=O)C(Cc2ccccn2)c2ccccc2)cc1)C1CC1. The Morgan fingerprint density at radius 1 is 0.929 bits per heavy atom. The summed E-state index contributed by atoms with van der Waals surface area (Å²) in [5.41, 5.74) is 3.23. The predicted octanol–water partition coefficient (Wildman–Crippen LogP) is 4.64. The van der Waals surface area contributed by atoms with Crippen LogP contribution in [0.15, 0.2) is 79.0 Å². The lowest BCUT2D eigenvalue weighted by Crippen LogP contribution is -2.23. The van der Waals surface area contributed by atoms with Gasteiger partial charge in [0, 0.05) is 35.5 Å². The van der Waals surface area contributed by atoms with Crippen molar-refractivity contribution < 1.29 is 9.59 Å². The molecule has 0 saturated heterocycles. The molecule has 0 spiro atoms. The number of benzene rings is 2. The molecule has 1 atom stereocenters. The number of hydrogen-bond acceptors (Lipinski definition) is 3. The van der Waals surface area contributed by atoms with Gasteiger partial charge in [0.15, 0.2) is 5.78 Å². The van der Waals surface area contributed by atoms with Gasteiger partial charge in [-0.3, -0.25) is 14.6 Å². The van der Waals surface area contributed by atoms with Crippen molar-refractivity contribution in [3.63, 3.8) is 0 Å². The van der Waals surface area contributed by atoms with E-state index in [-0.39, 0.29) is 23.5 Å². The van der Waals surface area contributed by atoms with Crippen molar-refractivity contribution in [2.75, 3.05) is 5.32 Å². The van der Waals surface area contributed by atoms with Crippen LogP contribution in [0.5, 0.6) is 0 Å². The van der Waals surface area contributed by atoms with Gasteiger partial charge in [-0.25, -0.2) is 0 Å². The Morgan fingerprint density at radius 2 is 1.64 bits per heavy atom. The Labute approximate surface area is 164 Å². The van der Waals surface area contributed by atoms with Crippen LogP contribution >= 0.6 is 0 Å². The number of Topliss-reactive ketones (excluding diaryl/α,β-unsaturated/α-hetero) is 1. The van der Waals surface area contributed by atoms with Gasteiger partial charge in [0.05, 0.1) is 5.92 Å². The Balaban J connectivity index is 1.51. The Morgan fingerprint density at radius 3 is 2.29 bits per heavy atom. The van der Waals surface area contributed by atoms with Crippen molar-refractivity contribution >= 4 is 17.4 Å². The van der Waals surface area contributed by atoms with Crippen LogP contribution in [0.3, 0.4) is 0 Å². The van der Waals surface area contributed by atoms with Crippen molar-refractivity contribution in [2.24, 2.45) is 5.92 Å². The molecule has 1 aliphatic carbocycles. The highest BCUT2D eigenvalue weighted by Gasteiger charge is 2.30. The van der Waals surface area contributed by atoms with Crippen molar-refractivity contribution in [3.8, 4) is 0 Å². The molecule has 4 nitrogen and oxygen atoms in total. The molecule has 1 unspecified atom stereocenters.